The Morgan fingerprint density at radius 3 is 2.67 bits per heavy atom. The fraction of sp³-hybridized carbons (Fsp3) is 0.500. The van der Waals surface area contributed by atoms with Crippen molar-refractivity contribution >= 4 is 0 Å². The van der Waals surface area contributed by atoms with Crippen LogP contribution < -0.4 is 5.73 Å². The van der Waals surface area contributed by atoms with Crippen molar-refractivity contribution in [3.63, 3.8) is 0 Å². The maximum atomic E-state index is 5.53. The molecule has 1 aromatic heterocycles. The summed E-state index contributed by atoms with van der Waals surface area (Å²) in [6.07, 6.45) is 1.67. The molecule has 50 valence electrons. The van der Waals surface area contributed by atoms with E-state index in [1.807, 2.05) is 13.8 Å². The molecule has 0 bridgehead atoms. The second-order valence-electron chi connectivity index (χ2n) is 2.16. The lowest BCUT2D eigenvalue weighted by Crippen LogP contribution is -2.04. The molecule has 0 fully saturated rings. The highest BCUT2D eigenvalue weighted by Gasteiger charge is 2.06. The van der Waals surface area contributed by atoms with Crippen LogP contribution in [0.5, 0.6) is 0 Å². The highest BCUT2D eigenvalue weighted by molar-refractivity contribution is 5.13. The third-order valence-electron chi connectivity index (χ3n) is 1.20. The lowest BCUT2D eigenvalue weighted by molar-refractivity contribution is 0.366. The molecule has 0 saturated carbocycles. The average molecular weight is 126 g/mol. The fourth-order valence-corrected chi connectivity index (χ4v) is 0.740. The molecule has 2 N–H and O–H groups in total. The van der Waals surface area contributed by atoms with Crippen molar-refractivity contribution in [1.29, 1.82) is 0 Å². The van der Waals surface area contributed by atoms with E-state index in [2.05, 4.69) is 5.16 Å². The first-order chi connectivity index (χ1) is 4.22. The van der Waals surface area contributed by atoms with Gasteiger partial charge in [-0.1, -0.05) is 5.16 Å². The molecule has 0 aromatic carbocycles. The maximum Gasteiger partial charge on any atom is 0.155 e. The molecule has 0 radical (unpaired) electrons. The number of rotatable bonds is 1. The lowest BCUT2D eigenvalue weighted by Gasteiger charge is -1.97. The van der Waals surface area contributed by atoms with Crippen LogP contribution in [0.15, 0.2) is 10.7 Å². The monoisotopic (exact) mass is 126 g/mol. The van der Waals surface area contributed by atoms with Gasteiger partial charge in [-0.2, -0.15) is 0 Å². The van der Waals surface area contributed by atoms with E-state index in [4.69, 9.17) is 10.3 Å². The Morgan fingerprint density at radius 1 is 1.78 bits per heavy atom. The Kier molecular flexibility index (Phi) is 1.53. The van der Waals surface area contributed by atoms with Gasteiger partial charge < -0.3 is 10.3 Å². The quantitative estimate of drug-likeness (QED) is 0.610. The van der Waals surface area contributed by atoms with Crippen LogP contribution >= 0.6 is 0 Å². The van der Waals surface area contributed by atoms with Crippen LogP contribution in [0, 0.1) is 6.92 Å². The minimum Gasteiger partial charge on any atom is -0.359 e. The van der Waals surface area contributed by atoms with E-state index < -0.39 is 0 Å². The van der Waals surface area contributed by atoms with Crippen LogP contribution in [0.2, 0.25) is 0 Å². The Labute approximate surface area is 53.8 Å². The first kappa shape index (κ1) is 6.29. The second-order valence-corrected chi connectivity index (χ2v) is 2.16. The summed E-state index contributed by atoms with van der Waals surface area (Å²) >= 11 is 0. The number of aromatic nitrogens is 1. The molecule has 0 aliphatic heterocycles. The number of aryl methyl sites for hydroxylation is 1. The molecule has 0 saturated heterocycles. The number of hydrogen-bond acceptors (Lipinski definition) is 3. The zero-order valence-electron chi connectivity index (χ0n) is 5.59. The molecule has 1 atom stereocenters. The van der Waals surface area contributed by atoms with Gasteiger partial charge in [-0.15, -0.1) is 0 Å². The van der Waals surface area contributed by atoms with E-state index in [0.717, 1.165) is 11.3 Å². The van der Waals surface area contributed by atoms with Crippen LogP contribution in [-0.2, 0) is 0 Å². The van der Waals surface area contributed by atoms with Crippen LogP contribution in [0.4, 0.5) is 0 Å². The molecule has 9 heavy (non-hydrogen) atoms. The summed E-state index contributed by atoms with van der Waals surface area (Å²) in [5.41, 5.74) is 6.54. The van der Waals surface area contributed by atoms with Crippen LogP contribution in [0.3, 0.4) is 0 Å². The summed E-state index contributed by atoms with van der Waals surface area (Å²) in [6, 6.07) is -0.0486. The predicted molar refractivity (Wildman–Crippen MR) is 33.8 cm³/mol. The SMILES string of the molecule is Cc1cnoc1C(C)N. The van der Waals surface area contributed by atoms with Gasteiger partial charge in [-0.25, -0.2) is 0 Å². The molecule has 3 nitrogen and oxygen atoms in total. The van der Waals surface area contributed by atoms with Crippen molar-refractivity contribution in [2.75, 3.05) is 0 Å². The van der Waals surface area contributed by atoms with Gasteiger partial charge >= 0.3 is 0 Å². The summed E-state index contributed by atoms with van der Waals surface area (Å²) in [6.45, 7) is 3.79. The Hall–Kier alpha value is -0.830. The maximum absolute atomic E-state index is 5.53. The van der Waals surface area contributed by atoms with Crippen molar-refractivity contribution < 1.29 is 4.52 Å². The van der Waals surface area contributed by atoms with E-state index in [-0.39, 0.29) is 6.04 Å². The lowest BCUT2D eigenvalue weighted by atomic mass is 10.2. The zero-order chi connectivity index (χ0) is 6.85. The fourth-order valence-electron chi connectivity index (χ4n) is 0.740. The molecule has 1 unspecified atom stereocenters. The third kappa shape index (κ3) is 1.10. The molecule has 0 aliphatic carbocycles. The van der Waals surface area contributed by atoms with E-state index >= 15 is 0 Å². The van der Waals surface area contributed by atoms with Crippen molar-refractivity contribution in [3.05, 3.63) is 17.5 Å². The highest BCUT2D eigenvalue weighted by Crippen LogP contribution is 2.12. The molecule has 1 rings (SSSR count). The average Bonchev–Trinajstić information content (AvgIpc) is 2.13. The van der Waals surface area contributed by atoms with Gasteiger partial charge in [0.15, 0.2) is 5.76 Å². The van der Waals surface area contributed by atoms with Crippen molar-refractivity contribution in [3.8, 4) is 0 Å². The smallest absolute Gasteiger partial charge is 0.155 e. The summed E-state index contributed by atoms with van der Waals surface area (Å²) in [7, 11) is 0. The van der Waals surface area contributed by atoms with E-state index in [1.54, 1.807) is 6.20 Å². The molecule has 0 aliphatic rings. The van der Waals surface area contributed by atoms with Gasteiger partial charge in [-0.3, -0.25) is 0 Å². The van der Waals surface area contributed by atoms with Gasteiger partial charge in [0.1, 0.15) is 0 Å². The highest BCUT2D eigenvalue weighted by atomic mass is 16.5. The van der Waals surface area contributed by atoms with Gasteiger partial charge in [0.2, 0.25) is 0 Å². The number of nitrogens with two attached hydrogens (primary N) is 1. The topological polar surface area (TPSA) is 52.0 Å². The molecular formula is C6H10N2O. The largest absolute Gasteiger partial charge is 0.359 e. The standard InChI is InChI=1S/C6H10N2O/c1-4-3-8-9-6(4)5(2)7/h3,5H,7H2,1-2H3. The Bertz CT molecular complexity index is 193. The third-order valence-corrected chi connectivity index (χ3v) is 1.20. The van der Waals surface area contributed by atoms with Crippen LogP contribution in [-0.4, -0.2) is 5.16 Å². The molecule has 3 heteroatoms. The van der Waals surface area contributed by atoms with Gasteiger partial charge in [0.25, 0.3) is 0 Å². The summed E-state index contributed by atoms with van der Waals surface area (Å²) in [4.78, 5) is 0. The molecule has 0 spiro atoms. The first-order valence-corrected chi connectivity index (χ1v) is 2.88. The van der Waals surface area contributed by atoms with Crippen molar-refractivity contribution in [2.45, 2.75) is 19.9 Å². The normalized spacial score (nSPS) is 13.7. The van der Waals surface area contributed by atoms with E-state index in [9.17, 15) is 0 Å². The van der Waals surface area contributed by atoms with Gasteiger partial charge in [0, 0.05) is 5.56 Å². The van der Waals surface area contributed by atoms with Gasteiger partial charge in [0.05, 0.1) is 12.2 Å². The van der Waals surface area contributed by atoms with Crippen LogP contribution in [0.1, 0.15) is 24.3 Å². The first-order valence-electron chi connectivity index (χ1n) is 2.88. The second kappa shape index (κ2) is 2.19. The van der Waals surface area contributed by atoms with Crippen LogP contribution in [0.25, 0.3) is 0 Å². The minimum atomic E-state index is -0.0486. The Balaban J connectivity index is 2.94. The number of nitrogens with zero attached hydrogens (tertiary/aromatic N) is 1. The number of hydrogen-bond donors (Lipinski definition) is 1. The predicted octanol–water partition coefficient (Wildman–Crippen LogP) is 1.00. The molecule has 1 heterocycles. The minimum absolute atomic E-state index is 0.0486. The van der Waals surface area contributed by atoms with Crippen molar-refractivity contribution in [2.24, 2.45) is 5.73 Å². The summed E-state index contributed by atoms with van der Waals surface area (Å²) in [5.74, 6) is 0.773. The molecule has 1 aromatic rings. The van der Waals surface area contributed by atoms with Crippen molar-refractivity contribution in [1.82, 2.24) is 5.16 Å². The van der Waals surface area contributed by atoms with E-state index in [0.29, 0.717) is 0 Å². The Morgan fingerprint density at radius 2 is 2.44 bits per heavy atom. The van der Waals surface area contributed by atoms with E-state index in [1.165, 1.54) is 0 Å². The molecular weight excluding hydrogens is 116 g/mol. The summed E-state index contributed by atoms with van der Waals surface area (Å²) in [5, 5.41) is 3.59. The van der Waals surface area contributed by atoms with Gasteiger partial charge in [-0.05, 0) is 13.8 Å². The summed E-state index contributed by atoms with van der Waals surface area (Å²) < 4.78 is 4.85. The zero-order valence-corrected chi connectivity index (χ0v) is 5.59. The molecule has 0 amide bonds.